The van der Waals surface area contributed by atoms with Gasteiger partial charge in [0.05, 0.1) is 17.9 Å². The van der Waals surface area contributed by atoms with Crippen molar-refractivity contribution in [3.05, 3.63) is 88.5 Å². The Balaban J connectivity index is 1.55. The lowest BCUT2D eigenvalue weighted by Gasteiger charge is -2.36. The molecule has 0 spiro atoms. The molecule has 2 aromatic carbocycles. The minimum Gasteiger partial charge on any atom is -0.480 e. The average molecular weight is 721 g/mol. The van der Waals surface area contributed by atoms with E-state index in [1.807, 2.05) is 44.2 Å². The van der Waals surface area contributed by atoms with Crippen molar-refractivity contribution < 1.29 is 33.0 Å². The van der Waals surface area contributed by atoms with Gasteiger partial charge in [-0.2, -0.15) is 9.65 Å². The normalized spacial score (nSPS) is 18.3. The van der Waals surface area contributed by atoms with Crippen molar-refractivity contribution in [2.45, 2.75) is 59.4 Å². The van der Waals surface area contributed by atoms with E-state index in [-0.39, 0.29) is 55.0 Å². The molecular weight excluding hydrogens is 675 g/mol. The Kier molecular flexibility index (Phi) is 11.8. The topological polar surface area (TPSA) is 192 Å². The van der Waals surface area contributed by atoms with Crippen LogP contribution in [0.25, 0.3) is 17.4 Å². The highest BCUT2D eigenvalue weighted by atomic mass is 31.2. The SMILES string of the molecule is CCC(CC)CN(C(Cc1ccccc1)C(=O)O)[P@](=O)(OCC1(COC(=O)C(C)C)C/C1=C/n1cnc2c(=O)[nH]c(N)nc21)Oc1ccccc1. The number of carboxylic acids is 1. The van der Waals surface area contributed by atoms with Gasteiger partial charge in [0.15, 0.2) is 11.2 Å². The van der Waals surface area contributed by atoms with E-state index < -0.39 is 42.6 Å². The van der Waals surface area contributed by atoms with Gasteiger partial charge < -0.3 is 20.1 Å². The summed E-state index contributed by atoms with van der Waals surface area (Å²) in [5.74, 6) is -1.86. The number of para-hydroxylation sites is 1. The van der Waals surface area contributed by atoms with Crippen LogP contribution in [0.3, 0.4) is 0 Å². The van der Waals surface area contributed by atoms with E-state index in [4.69, 9.17) is 19.5 Å². The molecule has 1 aliphatic carbocycles. The van der Waals surface area contributed by atoms with Gasteiger partial charge in [-0.25, -0.2) is 9.55 Å². The molecule has 2 aromatic heterocycles. The number of nitrogens with one attached hydrogen (secondary N) is 1. The van der Waals surface area contributed by atoms with E-state index >= 15 is 4.57 Å². The number of esters is 1. The summed E-state index contributed by atoms with van der Waals surface area (Å²) >= 11 is 0. The van der Waals surface area contributed by atoms with E-state index in [1.165, 1.54) is 11.0 Å². The summed E-state index contributed by atoms with van der Waals surface area (Å²) < 4.78 is 36.6. The van der Waals surface area contributed by atoms with Gasteiger partial charge in [-0.15, -0.1) is 0 Å². The van der Waals surface area contributed by atoms with Crippen LogP contribution in [0.5, 0.6) is 5.75 Å². The van der Waals surface area contributed by atoms with Crippen LogP contribution in [0.1, 0.15) is 52.5 Å². The fourth-order valence-electron chi connectivity index (χ4n) is 5.75. The molecule has 51 heavy (non-hydrogen) atoms. The maximum atomic E-state index is 15.4. The second-order valence-electron chi connectivity index (χ2n) is 13.1. The van der Waals surface area contributed by atoms with Gasteiger partial charge in [0.25, 0.3) is 5.56 Å². The lowest BCUT2D eigenvalue weighted by Crippen LogP contribution is -2.44. The van der Waals surface area contributed by atoms with Gasteiger partial charge in [-0.3, -0.25) is 28.5 Å². The Hall–Kier alpha value is -4.78. The number of anilines is 1. The maximum Gasteiger partial charge on any atom is 0.462 e. The van der Waals surface area contributed by atoms with Gasteiger partial charge >= 0.3 is 19.7 Å². The lowest BCUT2D eigenvalue weighted by atomic mass is 10.0. The molecule has 3 atom stereocenters. The number of benzene rings is 2. The van der Waals surface area contributed by atoms with Crippen LogP contribution in [-0.4, -0.2) is 67.0 Å². The molecule has 0 aliphatic heterocycles. The second kappa shape index (κ2) is 16.1. The summed E-state index contributed by atoms with van der Waals surface area (Å²) in [6, 6.07) is 16.4. The molecule has 0 saturated heterocycles. The van der Waals surface area contributed by atoms with Crippen LogP contribution in [0.4, 0.5) is 5.95 Å². The van der Waals surface area contributed by atoms with E-state index in [0.29, 0.717) is 19.3 Å². The second-order valence-corrected chi connectivity index (χ2v) is 15.0. The number of imidazole rings is 1. The largest absolute Gasteiger partial charge is 0.480 e. The fourth-order valence-corrected chi connectivity index (χ4v) is 7.81. The monoisotopic (exact) mass is 720 g/mol. The first-order chi connectivity index (χ1) is 24.4. The molecule has 15 heteroatoms. The summed E-state index contributed by atoms with van der Waals surface area (Å²) in [4.78, 5) is 48.9. The molecule has 0 bridgehead atoms. The van der Waals surface area contributed by atoms with Crippen molar-refractivity contribution in [1.82, 2.24) is 24.2 Å². The number of carboxylic acid groups (broad SMARTS) is 1. The number of nitrogens with zero attached hydrogens (tertiary/aromatic N) is 4. The number of aromatic nitrogens is 4. The summed E-state index contributed by atoms with van der Waals surface area (Å²) in [5.41, 5.74) is 6.14. The number of fused-ring (bicyclic) bond motifs is 1. The third-order valence-corrected chi connectivity index (χ3v) is 11.1. The van der Waals surface area contributed by atoms with Gasteiger partial charge in [0.1, 0.15) is 24.7 Å². The average Bonchev–Trinajstić information content (AvgIpc) is 3.64. The van der Waals surface area contributed by atoms with Crippen molar-refractivity contribution in [3.63, 3.8) is 0 Å². The molecule has 1 fully saturated rings. The van der Waals surface area contributed by atoms with Crippen LogP contribution in [0, 0.1) is 17.3 Å². The van der Waals surface area contributed by atoms with Gasteiger partial charge in [0.2, 0.25) is 5.95 Å². The first kappa shape index (κ1) is 37.5. The highest BCUT2D eigenvalue weighted by molar-refractivity contribution is 7.51. The first-order valence-corrected chi connectivity index (χ1v) is 18.5. The number of ether oxygens (including phenoxy) is 1. The number of rotatable bonds is 18. The van der Waals surface area contributed by atoms with E-state index in [2.05, 4.69) is 15.0 Å². The summed E-state index contributed by atoms with van der Waals surface area (Å²) in [7, 11) is -4.46. The Labute approximate surface area is 296 Å². The molecule has 2 heterocycles. The summed E-state index contributed by atoms with van der Waals surface area (Å²) in [6.45, 7) is 7.21. The van der Waals surface area contributed by atoms with Crippen LogP contribution < -0.4 is 15.8 Å². The van der Waals surface area contributed by atoms with Crippen LogP contribution in [0.2, 0.25) is 0 Å². The lowest BCUT2D eigenvalue weighted by molar-refractivity contribution is -0.149. The molecule has 5 rings (SSSR count). The number of nitrogens with two attached hydrogens (primary N) is 1. The smallest absolute Gasteiger partial charge is 0.462 e. The molecule has 0 amide bonds. The van der Waals surface area contributed by atoms with Crippen LogP contribution in [-0.2, 0) is 29.8 Å². The summed E-state index contributed by atoms with van der Waals surface area (Å²) in [5, 5.41) is 10.7. The molecule has 2 unspecified atom stereocenters. The first-order valence-electron chi connectivity index (χ1n) is 17.0. The van der Waals surface area contributed by atoms with Crippen molar-refractivity contribution in [3.8, 4) is 5.75 Å². The van der Waals surface area contributed by atoms with Crippen molar-refractivity contribution in [1.29, 1.82) is 0 Å². The number of nitrogen functional groups attached to an aromatic ring is 1. The van der Waals surface area contributed by atoms with Gasteiger partial charge in [-0.05, 0) is 42.0 Å². The minimum absolute atomic E-state index is 0.0196. The Morgan fingerprint density at radius 2 is 1.76 bits per heavy atom. The zero-order chi connectivity index (χ0) is 36.8. The number of hydrogen-bond donors (Lipinski definition) is 3. The number of carbonyl (C=O) groups excluding carboxylic acids is 1. The summed E-state index contributed by atoms with van der Waals surface area (Å²) in [6.07, 6.45) is 4.95. The molecule has 14 nitrogen and oxygen atoms in total. The van der Waals surface area contributed by atoms with Crippen LogP contribution in [0.15, 0.2) is 77.4 Å². The Morgan fingerprint density at radius 1 is 1.10 bits per heavy atom. The number of aliphatic carboxylic acids is 1. The van der Waals surface area contributed by atoms with Crippen molar-refractivity contribution in [2.24, 2.45) is 17.3 Å². The quantitative estimate of drug-likeness (QED) is 0.0832. The third-order valence-electron chi connectivity index (χ3n) is 9.09. The molecule has 4 aromatic rings. The van der Waals surface area contributed by atoms with Gasteiger partial charge in [-0.1, -0.05) is 89.1 Å². The minimum atomic E-state index is -4.46. The molecule has 272 valence electrons. The standard InChI is InChI=1S/C36H45N6O8P/c1-5-25(6-2)19-42(29(33(44)45)17-26-13-9-7-10-14-26)51(47,50-28-15-11-8-12-16-28)49-22-36(21-48-34(46)24(3)4)18-27(36)20-41-23-38-30-31(41)39-35(37)40-32(30)43/h7-16,20,23-25,29H,5-6,17-19,21-22H2,1-4H3,(H,44,45)(H3,37,39,40,43)/b27-20-/t29?,36?,51-/m0/s1. The zero-order valence-corrected chi connectivity index (χ0v) is 30.1. The number of carbonyl (C=O) groups is 2. The Morgan fingerprint density at radius 3 is 2.39 bits per heavy atom. The zero-order valence-electron chi connectivity index (χ0n) is 29.2. The Bertz CT molecular complexity index is 1960. The number of aromatic amines is 1. The predicted octanol–water partition coefficient (Wildman–Crippen LogP) is 5.77. The van der Waals surface area contributed by atoms with Crippen molar-refractivity contribution >= 4 is 43.0 Å². The molecular formula is C36H45N6O8P. The highest BCUT2D eigenvalue weighted by Crippen LogP contribution is 2.60. The predicted molar refractivity (Wildman–Crippen MR) is 193 cm³/mol. The molecule has 1 aliphatic rings. The fraction of sp³-hybridized carbons (Fsp3) is 0.417. The van der Waals surface area contributed by atoms with Crippen LogP contribution >= 0.6 is 7.75 Å². The molecule has 0 radical (unpaired) electrons. The number of H-pyrrole nitrogens is 1. The molecule has 1 saturated carbocycles. The van der Waals surface area contributed by atoms with Crippen molar-refractivity contribution in [2.75, 3.05) is 25.5 Å². The van der Waals surface area contributed by atoms with E-state index in [9.17, 15) is 19.5 Å². The van der Waals surface area contributed by atoms with Gasteiger partial charge in [0, 0.05) is 12.7 Å². The highest BCUT2D eigenvalue weighted by Gasteiger charge is 2.54. The third kappa shape index (κ3) is 8.94. The van der Waals surface area contributed by atoms with E-state index in [0.717, 1.165) is 11.1 Å². The number of hydrogen-bond acceptors (Lipinski definition) is 10. The maximum absolute atomic E-state index is 15.4. The van der Waals surface area contributed by atoms with E-state index in [1.54, 1.807) is 54.9 Å². The molecule has 4 N–H and O–H groups in total.